The largest absolute Gasteiger partial charge is 0.340 e. The minimum Gasteiger partial charge on any atom is -0.305 e. The second kappa shape index (κ2) is 6.66. The van der Waals surface area contributed by atoms with E-state index in [-0.39, 0.29) is 24.3 Å². The Balaban J connectivity index is 2.92. The summed E-state index contributed by atoms with van der Waals surface area (Å²) in [6.45, 7) is 10.6. The molecule has 0 saturated heterocycles. The smallest absolute Gasteiger partial charge is 0.305 e. The van der Waals surface area contributed by atoms with E-state index < -0.39 is 7.60 Å². The second-order valence-electron chi connectivity index (χ2n) is 5.31. The van der Waals surface area contributed by atoms with Crippen LogP contribution in [0.25, 0.3) is 0 Å². The van der Waals surface area contributed by atoms with E-state index in [1.165, 1.54) is 4.68 Å². The highest BCUT2D eigenvalue weighted by molar-refractivity contribution is 7.54. The molecule has 1 rings (SSSR count). The first-order valence-electron chi connectivity index (χ1n) is 6.65. The predicted octanol–water partition coefficient (Wildman–Crippen LogP) is 3.18. The molecule has 0 aliphatic carbocycles. The highest BCUT2D eigenvalue weighted by atomic mass is 31.2. The highest BCUT2D eigenvalue weighted by Gasteiger charge is 2.32. The van der Waals surface area contributed by atoms with E-state index in [0.717, 1.165) is 5.69 Å². The molecule has 1 heterocycles. The lowest BCUT2D eigenvalue weighted by Crippen LogP contribution is -2.21. The Morgan fingerprint density at radius 1 is 1.25 bits per heavy atom. The van der Waals surface area contributed by atoms with Crippen molar-refractivity contribution in [3.05, 3.63) is 17.5 Å². The van der Waals surface area contributed by atoms with Gasteiger partial charge in [0, 0.05) is 5.69 Å². The van der Waals surface area contributed by atoms with E-state index in [9.17, 15) is 9.36 Å². The molecule has 114 valence electrons. The molecule has 0 aromatic carbocycles. The van der Waals surface area contributed by atoms with Gasteiger partial charge in [0.05, 0.1) is 17.9 Å². The normalized spacial score (nSPS) is 12.4. The molecule has 0 saturated carbocycles. The van der Waals surface area contributed by atoms with Gasteiger partial charge in [-0.05, 0) is 47.6 Å². The lowest BCUT2D eigenvalue weighted by molar-refractivity contribution is 0.0896. The fourth-order valence-electron chi connectivity index (χ4n) is 1.86. The fourth-order valence-corrected chi connectivity index (χ4v) is 3.80. The third-order valence-electron chi connectivity index (χ3n) is 2.32. The van der Waals surface area contributed by atoms with E-state index in [1.807, 2.05) is 0 Å². The summed E-state index contributed by atoms with van der Waals surface area (Å²) in [6, 6.07) is 1.79. The molecule has 0 spiro atoms. The van der Waals surface area contributed by atoms with Crippen LogP contribution in [0.3, 0.4) is 0 Å². The summed E-state index contributed by atoms with van der Waals surface area (Å²) in [5, 5.41) is 4.09. The van der Waals surface area contributed by atoms with Crippen LogP contribution in [0.1, 0.15) is 43.9 Å². The highest BCUT2D eigenvalue weighted by Crippen LogP contribution is 2.50. The summed E-state index contributed by atoms with van der Waals surface area (Å²) in [5.74, 6) is -0.389. The molecule has 7 heteroatoms. The molecule has 6 nitrogen and oxygen atoms in total. The summed E-state index contributed by atoms with van der Waals surface area (Å²) in [7, 11) is -3.47. The monoisotopic (exact) mass is 302 g/mol. The minimum absolute atomic E-state index is 0.284. The van der Waals surface area contributed by atoms with E-state index in [2.05, 4.69) is 5.10 Å². The first-order chi connectivity index (χ1) is 9.13. The van der Waals surface area contributed by atoms with Crippen molar-refractivity contribution in [3.8, 4) is 0 Å². The summed E-state index contributed by atoms with van der Waals surface area (Å²) < 4.78 is 24.6. The lowest BCUT2D eigenvalue weighted by atomic mass is 10.4. The summed E-state index contributed by atoms with van der Waals surface area (Å²) in [4.78, 5) is 12.2. The van der Waals surface area contributed by atoms with Crippen LogP contribution < -0.4 is 0 Å². The third kappa shape index (κ3) is 4.85. The van der Waals surface area contributed by atoms with Crippen molar-refractivity contribution in [2.24, 2.45) is 0 Å². The molecule has 1 aromatic heterocycles. The van der Waals surface area contributed by atoms with Crippen molar-refractivity contribution in [2.75, 3.05) is 6.16 Å². The van der Waals surface area contributed by atoms with Crippen LogP contribution in [0, 0.1) is 13.8 Å². The van der Waals surface area contributed by atoms with Crippen molar-refractivity contribution in [2.45, 2.75) is 53.8 Å². The summed E-state index contributed by atoms with van der Waals surface area (Å²) in [5.41, 5.74) is 1.44. The molecule has 0 amide bonds. The van der Waals surface area contributed by atoms with Crippen molar-refractivity contribution in [1.29, 1.82) is 0 Å². The number of hydrogen-bond acceptors (Lipinski definition) is 5. The van der Waals surface area contributed by atoms with Crippen LogP contribution in [0.5, 0.6) is 0 Å². The lowest BCUT2D eigenvalue weighted by Gasteiger charge is -2.22. The Morgan fingerprint density at radius 3 is 2.10 bits per heavy atom. The molecule has 0 bridgehead atoms. The molecule has 0 aliphatic rings. The Kier molecular flexibility index (Phi) is 5.68. The van der Waals surface area contributed by atoms with E-state index >= 15 is 0 Å². The van der Waals surface area contributed by atoms with Gasteiger partial charge in [-0.15, -0.1) is 0 Å². The molecule has 0 aliphatic heterocycles. The quantitative estimate of drug-likeness (QED) is 0.755. The Hall–Kier alpha value is -0.970. The predicted molar refractivity (Wildman–Crippen MR) is 77.2 cm³/mol. The number of carbonyl (C=O) groups excluding carboxylic acids is 1. The van der Waals surface area contributed by atoms with Crippen LogP contribution in [-0.2, 0) is 13.6 Å². The Morgan fingerprint density at radius 2 is 1.75 bits per heavy atom. The second-order valence-corrected chi connectivity index (χ2v) is 7.27. The van der Waals surface area contributed by atoms with E-state index in [1.54, 1.807) is 47.6 Å². The molecular formula is C13H23N2O4P. The number of hydrogen-bond donors (Lipinski definition) is 0. The van der Waals surface area contributed by atoms with Gasteiger partial charge in [-0.3, -0.25) is 9.36 Å². The maximum atomic E-state index is 12.6. The number of aromatic nitrogens is 2. The van der Waals surface area contributed by atoms with Crippen LogP contribution in [0.2, 0.25) is 0 Å². The SMILES string of the molecule is Cc1cc(C)n(C(=O)CP(=O)(OC(C)C)OC(C)C)n1. The standard InChI is InChI=1S/C13H23N2O4P/c1-9(2)18-20(17,19-10(3)4)8-13(16)15-12(6)7-11(5)14-15/h7,9-10H,8H2,1-6H3. The van der Waals surface area contributed by atoms with Crippen LogP contribution in [0.15, 0.2) is 6.07 Å². The molecule has 0 radical (unpaired) electrons. The summed E-state index contributed by atoms with van der Waals surface area (Å²) >= 11 is 0. The Labute approximate surface area is 120 Å². The Bertz CT molecular complexity index is 508. The van der Waals surface area contributed by atoms with Crippen LogP contribution in [-0.4, -0.2) is 34.1 Å². The van der Waals surface area contributed by atoms with Gasteiger partial charge < -0.3 is 9.05 Å². The average Bonchev–Trinajstić information content (AvgIpc) is 2.54. The first-order valence-corrected chi connectivity index (χ1v) is 8.38. The van der Waals surface area contributed by atoms with Gasteiger partial charge in [0.15, 0.2) is 0 Å². The maximum Gasteiger partial charge on any atom is 0.340 e. The number of rotatable bonds is 6. The van der Waals surface area contributed by atoms with Crippen molar-refractivity contribution in [1.82, 2.24) is 9.78 Å². The van der Waals surface area contributed by atoms with Crippen LogP contribution in [0.4, 0.5) is 0 Å². The van der Waals surface area contributed by atoms with Crippen molar-refractivity contribution in [3.63, 3.8) is 0 Å². The zero-order valence-corrected chi connectivity index (χ0v) is 13.8. The number of carbonyl (C=O) groups is 1. The first kappa shape index (κ1) is 17.1. The zero-order chi connectivity index (χ0) is 15.5. The van der Waals surface area contributed by atoms with Gasteiger partial charge in [0.2, 0.25) is 0 Å². The molecule has 1 aromatic rings. The molecule has 0 atom stereocenters. The summed E-state index contributed by atoms with van der Waals surface area (Å²) in [6.07, 6.45) is -0.883. The molecule has 0 N–H and O–H groups in total. The van der Waals surface area contributed by atoms with Crippen molar-refractivity contribution >= 4 is 13.5 Å². The van der Waals surface area contributed by atoms with Gasteiger partial charge in [-0.25, -0.2) is 4.68 Å². The van der Waals surface area contributed by atoms with E-state index in [0.29, 0.717) is 5.69 Å². The van der Waals surface area contributed by atoms with Gasteiger partial charge >= 0.3 is 7.60 Å². The molecule has 0 fully saturated rings. The average molecular weight is 302 g/mol. The van der Waals surface area contributed by atoms with Crippen LogP contribution >= 0.6 is 7.60 Å². The number of aryl methyl sites for hydroxylation is 2. The minimum atomic E-state index is -3.47. The molecule has 20 heavy (non-hydrogen) atoms. The third-order valence-corrected chi connectivity index (χ3v) is 4.46. The molecule has 0 unspecified atom stereocenters. The maximum absolute atomic E-state index is 12.6. The zero-order valence-electron chi connectivity index (χ0n) is 12.9. The van der Waals surface area contributed by atoms with E-state index in [4.69, 9.17) is 9.05 Å². The molecular weight excluding hydrogens is 279 g/mol. The van der Waals surface area contributed by atoms with Gasteiger partial charge in [-0.2, -0.15) is 5.10 Å². The van der Waals surface area contributed by atoms with Gasteiger partial charge in [0.25, 0.3) is 5.91 Å². The van der Waals surface area contributed by atoms with Gasteiger partial charge in [0.1, 0.15) is 6.16 Å². The topological polar surface area (TPSA) is 70.4 Å². The van der Waals surface area contributed by atoms with Gasteiger partial charge in [-0.1, -0.05) is 0 Å². The fraction of sp³-hybridized carbons (Fsp3) is 0.692. The van der Waals surface area contributed by atoms with Crippen molar-refractivity contribution < 1.29 is 18.4 Å². The number of nitrogens with zero attached hydrogens (tertiary/aromatic N) is 2.